The number of hydrogen-bond donors (Lipinski definition) is 0. The van der Waals surface area contributed by atoms with Crippen molar-refractivity contribution < 1.29 is 9.72 Å². The monoisotopic (exact) mass is 418 g/mol. The smallest absolute Gasteiger partial charge is 0.270 e. The van der Waals surface area contributed by atoms with Crippen LogP contribution in [0.3, 0.4) is 0 Å². The van der Waals surface area contributed by atoms with Gasteiger partial charge in [0.1, 0.15) is 0 Å². The van der Waals surface area contributed by atoms with Gasteiger partial charge in [0.25, 0.3) is 5.69 Å². The van der Waals surface area contributed by atoms with E-state index < -0.39 is 4.92 Å². The van der Waals surface area contributed by atoms with Gasteiger partial charge in [-0.1, -0.05) is 66.4 Å². The number of benzene rings is 3. The number of carbonyl (C=O) groups is 1. The second-order valence-electron chi connectivity index (χ2n) is 6.80. The molecule has 0 aromatic heterocycles. The minimum atomic E-state index is -0.456. The van der Waals surface area contributed by atoms with Crippen LogP contribution in [0.15, 0.2) is 76.9 Å². The normalized spacial score (nSPS) is 18.0. The molecule has 0 aliphatic carbocycles. The molecule has 150 valence electrons. The van der Waals surface area contributed by atoms with Crippen molar-refractivity contribution in [2.75, 3.05) is 0 Å². The van der Waals surface area contributed by atoms with Crippen molar-refractivity contribution in [1.82, 2.24) is 4.90 Å². The summed E-state index contributed by atoms with van der Waals surface area (Å²) in [5.74, 6) is -0.0165. The van der Waals surface area contributed by atoms with E-state index in [0.717, 1.165) is 16.3 Å². The highest BCUT2D eigenvalue weighted by molar-refractivity contribution is 8.15. The Bertz CT molecular complexity index is 1190. The minimum Gasteiger partial charge on any atom is -0.284 e. The van der Waals surface area contributed by atoms with E-state index in [2.05, 4.69) is 10.2 Å². The lowest BCUT2D eigenvalue weighted by molar-refractivity contribution is -0.384. The van der Waals surface area contributed by atoms with E-state index in [4.69, 9.17) is 0 Å². The quantitative estimate of drug-likeness (QED) is 0.344. The topological polar surface area (TPSA) is 88.2 Å². The number of rotatable bonds is 5. The molecular weight excluding hydrogens is 400 g/mol. The molecule has 1 aliphatic heterocycles. The fraction of sp³-hybridized carbons (Fsp3) is 0.136. The van der Waals surface area contributed by atoms with Crippen molar-refractivity contribution in [2.24, 2.45) is 10.2 Å². The average molecular weight is 418 g/mol. The highest BCUT2D eigenvalue weighted by Gasteiger charge is 2.35. The summed E-state index contributed by atoms with van der Waals surface area (Å²) in [6, 6.07) is 20.2. The Balaban J connectivity index is 1.60. The first-order valence-corrected chi connectivity index (χ1v) is 10.2. The Hall–Kier alpha value is -3.52. The Labute approximate surface area is 177 Å². The van der Waals surface area contributed by atoms with Crippen molar-refractivity contribution in [3.63, 3.8) is 0 Å². The van der Waals surface area contributed by atoms with E-state index in [1.54, 1.807) is 17.0 Å². The van der Waals surface area contributed by atoms with Gasteiger partial charge in [0.05, 0.1) is 22.9 Å². The summed E-state index contributed by atoms with van der Waals surface area (Å²) in [5.41, 5.74) is 1.59. The van der Waals surface area contributed by atoms with Gasteiger partial charge in [-0.15, -0.1) is 5.10 Å². The lowest BCUT2D eigenvalue weighted by atomic mass is 10.0. The van der Waals surface area contributed by atoms with E-state index in [1.807, 2.05) is 49.4 Å². The maximum absolute atomic E-state index is 12.7. The maximum Gasteiger partial charge on any atom is 0.270 e. The van der Waals surface area contributed by atoms with Crippen LogP contribution >= 0.6 is 11.8 Å². The van der Waals surface area contributed by atoms with Gasteiger partial charge in [0, 0.05) is 17.7 Å². The van der Waals surface area contributed by atoms with Crippen molar-refractivity contribution in [2.45, 2.75) is 18.7 Å². The lowest BCUT2D eigenvalue weighted by Crippen LogP contribution is -2.30. The van der Waals surface area contributed by atoms with Gasteiger partial charge < -0.3 is 0 Å². The van der Waals surface area contributed by atoms with Crippen molar-refractivity contribution in [3.8, 4) is 0 Å². The fourth-order valence-electron chi connectivity index (χ4n) is 3.27. The van der Waals surface area contributed by atoms with Gasteiger partial charge in [-0.25, -0.2) is 0 Å². The first-order chi connectivity index (χ1) is 14.5. The number of hydrogen-bond acceptors (Lipinski definition) is 6. The van der Waals surface area contributed by atoms with Gasteiger partial charge in [-0.3, -0.25) is 19.8 Å². The highest BCUT2D eigenvalue weighted by Crippen LogP contribution is 2.30. The van der Waals surface area contributed by atoms with E-state index in [-0.39, 0.29) is 16.8 Å². The molecule has 0 N–H and O–H groups in total. The van der Waals surface area contributed by atoms with Crippen LogP contribution in [0.2, 0.25) is 0 Å². The van der Waals surface area contributed by atoms with E-state index in [9.17, 15) is 14.9 Å². The SMILES string of the molecule is CC1SC(=NN=Cc2cccc([N+](=O)[O-])c2)N(Cc2cccc3ccccc23)C1=O. The van der Waals surface area contributed by atoms with Gasteiger partial charge in [0.15, 0.2) is 5.17 Å². The molecule has 7 nitrogen and oxygen atoms in total. The molecule has 4 rings (SSSR count). The van der Waals surface area contributed by atoms with Crippen LogP contribution in [0.4, 0.5) is 5.69 Å². The summed E-state index contributed by atoms with van der Waals surface area (Å²) in [4.78, 5) is 24.8. The molecule has 30 heavy (non-hydrogen) atoms. The number of amidine groups is 1. The average Bonchev–Trinajstić information content (AvgIpc) is 3.02. The van der Waals surface area contributed by atoms with Gasteiger partial charge >= 0.3 is 0 Å². The van der Waals surface area contributed by atoms with E-state index >= 15 is 0 Å². The number of nitro benzene ring substituents is 1. The third kappa shape index (κ3) is 4.08. The largest absolute Gasteiger partial charge is 0.284 e. The number of nitro groups is 1. The molecule has 1 fully saturated rings. The molecule has 3 aromatic rings. The van der Waals surface area contributed by atoms with E-state index in [0.29, 0.717) is 17.3 Å². The number of non-ortho nitro benzene ring substituents is 1. The molecule has 0 spiro atoms. The number of amides is 1. The van der Waals surface area contributed by atoms with E-state index in [1.165, 1.54) is 30.1 Å². The Morgan fingerprint density at radius 2 is 1.90 bits per heavy atom. The third-order valence-electron chi connectivity index (χ3n) is 4.77. The second-order valence-corrected chi connectivity index (χ2v) is 8.11. The van der Waals surface area contributed by atoms with Crippen LogP contribution < -0.4 is 0 Å². The Morgan fingerprint density at radius 1 is 1.13 bits per heavy atom. The van der Waals surface area contributed by atoms with Crippen LogP contribution in [0.25, 0.3) is 10.8 Å². The molecule has 0 saturated carbocycles. The molecule has 1 atom stereocenters. The van der Waals surface area contributed by atoms with Crippen LogP contribution in [-0.2, 0) is 11.3 Å². The number of fused-ring (bicyclic) bond motifs is 1. The first-order valence-electron chi connectivity index (χ1n) is 9.33. The minimum absolute atomic E-state index is 0.0109. The van der Waals surface area contributed by atoms with Crippen LogP contribution in [-0.4, -0.2) is 32.4 Å². The summed E-state index contributed by atoms with van der Waals surface area (Å²) in [7, 11) is 0. The molecule has 1 unspecified atom stereocenters. The van der Waals surface area contributed by atoms with Gasteiger partial charge in [0.2, 0.25) is 5.91 Å². The summed E-state index contributed by atoms with van der Waals surface area (Å²) in [5, 5.41) is 21.7. The fourth-order valence-corrected chi connectivity index (χ4v) is 4.19. The molecular formula is C22H18N4O3S. The van der Waals surface area contributed by atoms with Crippen molar-refractivity contribution >= 4 is 45.5 Å². The molecule has 1 aliphatic rings. The molecule has 1 heterocycles. The first kappa shape index (κ1) is 19.8. The summed E-state index contributed by atoms with van der Waals surface area (Å²) >= 11 is 1.35. The molecule has 3 aromatic carbocycles. The predicted molar refractivity (Wildman–Crippen MR) is 120 cm³/mol. The zero-order valence-corrected chi connectivity index (χ0v) is 17.0. The summed E-state index contributed by atoms with van der Waals surface area (Å²) < 4.78 is 0. The van der Waals surface area contributed by atoms with Gasteiger partial charge in [-0.2, -0.15) is 5.10 Å². The van der Waals surface area contributed by atoms with Crippen LogP contribution in [0.5, 0.6) is 0 Å². The Morgan fingerprint density at radius 3 is 2.73 bits per heavy atom. The van der Waals surface area contributed by atoms with Gasteiger partial charge in [-0.05, 0) is 23.3 Å². The molecule has 0 bridgehead atoms. The number of nitrogens with zero attached hydrogens (tertiary/aromatic N) is 4. The number of thioether (sulfide) groups is 1. The Kier molecular flexibility index (Phi) is 5.58. The number of carbonyl (C=O) groups excluding carboxylic acids is 1. The molecule has 1 amide bonds. The highest BCUT2D eigenvalue weighted by atomic mass is 32.2. The predicted octanol–water partition coefficient (Wildman–Crippen LogP) is 4.60. The third-order valence-corrected chi connectivity index (χ3v) is 5.83. The second kappa shape index (κ2) is 8.46. The summed E-state index contributed by atoms with van der Waals surface area (Å²) in [6.45, 7) is 2.25. The zero-order valence-electron chi connectivity index (χ0n) is 16.1. The maximum atomic E-state index is 12.7. The molecule has 1 saturated heterocycles. The molecule has 0 radical (unpaired) electrons. The van der Waals surface area contributed by atoms with Crippen LogP contribution in [0.1, 0.15) is 18.1 Å². The van der Waals surface area contributed by atoms with Crippen molar-refractivity contribution in [3.05, 3.63) is 88.0 Å². The van der Waals surface area contributed by atoms with Crippen molar-refractivity contribution in [1.29, 1.82) is 0 Å². The standard InChI is InChI=1S/C22H18N4O3S/c1-15-21(27)25(14-18-9-5-8-17-7-2-3-11-20(17)18)22(30-15)24-23-13-16-6-4-10-19(12-16)26(28)29/h2-13,15H,14H2,1H3. The molecule has 8 heteroatoms. The van der Waals surface area contributed by atoms with Crippen LogP contribution in [0, 0.1) is 10.1 Å². The lowest BCUT2D eigenvalue weighted by Gasteiger charge is -2.17. The summed E-state index contributed by atoms with van der Waals surface area (Å²) in [6.07, 6.45) is 1.45. The zero-order chi connectivity index (χ0) is 21.1.